The van der Waals surface area contributed by atoms with Gasteiger partial charge in [0.1, 0.15) is 0 Å². The number of hydrogen-bond donors (Lipinski definition) is 2. The van der Waals surface area contributed by atoms with Gasteiger partial charge in [0.2, 0.25) is 16.0 Å². The van der Waals surface area contributed by atoms with Crippen molar-refractivity contribution in [3.63, 3.8) is 0 Å². The van der Waals surface area contributed by atoms with Crippen LogP contribution in [0.4, 0.5) is 17.3 Å². The highest BCUT2D eigenvalue weighted by atomic mass is 32.2. The minimum absolute atomic E-state index is 0.393. The first kappa shape index (κ1) is 18.7. The van der Waals surface area contributed by atoms with E-state index < -0.39 is 10.0 Å². The molecule has 148 valence electrons. The van der Waals surface area contributed by atoms with Crippen LogP contribution in [0.15, 0.2) is 36.7 Å². The van der Waals surface area contributed by atoms with Crippen molar-refractivity contribution in [1.29, 1.82) is 0 Å². The van der Waals surface area contributed by atoms with Gasteiger partial charge in [-0.25, -0.2) is 18.1 Å². The lowest BCUT2D eigenvalue weighted by Gasteiger charge is -2.15. The van der Waals surface area contributed by atoms with E-state index in [1.165, 1.54) is 25.7 Å². The van der Waals surface area contributed by atoms with Crippen LogP contribution in [0.2, 0.25) is 0 Å². The second kappa shape index (κ2) is 7.75. The van der Waals surface area contributed by atoms with Gasteiger partial charge in [0, 0.05) is 17.6 Å². The fraction of sp³-hybridized carbons (Fsp3) is 0.421. The molecule has 0 radical (unpaired) electrons. The molecular formula is C19H24N6O2S. The summed E-state index contributed by atoms with van der Waals surface area (Å²) in [6.07, 6.45) is 12.1. The summed E-state index contributed by atoms with van der Waals surface area (Å²) in [5, 5.41) is 8.69. The van der Waals surface area contributed by atoms with Crippen LogP contribution in [0.1, 0.15) is 44.6 Å². The van der Waals surface area contributed by atoms with Gasteiger partial charge in [0.05, 0.1) is 23.9 Å². The molecule has 9 heteroatoms. The van der Waals surface area contributed by atoms with Crippen LogP contribution in [0.5, 0.6) is 0 Å². The van der Waals surface area contributed by atoms with Crippen molar-refractivity contribution in [2.45, 2.75) is 44.6 Å². The zero-order valence-corrected chi connectivity index (χ0v) is 16.6. The van der Waals surface area contributed by atoms with Crippen LogP contribution >= 0.6 is 0 Å². The number of aromatic nitrogens is 4. The molecule has 0 amide bonds. The normalized spacial score (nSPS) is 16.0. The number of nitrogens with one attached hydrogen (secondary N) is 2. The highest BCUT2D eigenvalue weighted by Crippen LogP contribution is 2.29. The maximum Gasteiger partial charge on any atom is 0.229 e. The Bertz CT molecular complexity index is 1050. The predicted molar refractivity (Wildman–Crippen MR) is 110 cm³/mol. The highest BCUT2D eigenvalue weighted by Gasteiger charge is 2.18. The van der Waals surface area contributed by atoms with Crippen LogP contribution in [-0.2, 0) is 10.0 Å². The molecule has 1 aliphatic rings. The van der Waals surface area contributed by atoms with Gasteiger partial charge >= 0.3 is 0 Å². The molecule has 0 spiro atoms. The van der Waals surface area contributed by atoms with Crippen molar-refractivity contribution in [3.05, 3.63) is 36.7 Å². The number of nitrogens with zero attached hydrogens (tertiary/aromatic N) is 4. The van der Waals surface area contributed by atoms with Crippen molar-refractivity contribution < 1.29 is 8.42 Å². The van der Waals surface area contributed by atoms with E-state index in [1.54, 1.807) is 30.5 Å². The standard InChI is InChI=1S/C19H24N6O2S/c1-28(26,27)24-16-10-8-15(9-11-16)22-19-20-12-14-13-21-25(18(14)23-19)17-6-4-2-3-5-7-17/h8-13,17,24H,2-7H2,1H3,(H,20,22,23). The second-order valence-corrected chi connectivity index (χ2v) is 9.03. The van der Waals surface area contributed by atoms with Crippen molar-refractivity contribution in [3.8, 4) is 0 Å². The molecule has 2 heterocycles. The molecule has 2 N–H and O–H groups in total. The molecule has 0 atom stereocenters. The molecule has 4 rings (SSSR count). The lowest BCUT2D eigenvalue weighted by Crippen LogP contribution is -2.11. The minimum Gasteiger partial charge on any atom is -0.324 e. The first-order valence-electron chi connectivity index (χ1n) is 9.53. The van der Waals surface area contributed by atoms with E-state index in [0.29, 0.717) is 17.7 Å². The molecule has 1 fully saturated rings. The van der Waals surface area contributed by atoms with E-state index in [-0.39, 0.29) is 0 Å². The quantitative estimate of drug-likeness (QED) is 0.631. The maximum atomic E-state index is 11.3. The molecule has 1 saturated carbocycles. The highest BCUT2D eigenvalue weighted by molar-refractivity contribution is 7.92. The van der Waals surface area contributed by atoms with Crippen LogP contribution in [0.25, 0.3) is 11.0 Å². The Kier molecular flexibility index (Phi) is 5.17. The van der Waals surface area contributed by atoms with E-state index >= 15 is 0 Å². The number of hydrogen-bond acceptors (Lipinski definition) is 6. The smallest absolute Gasteiger partial charge is 0.229 e. The molecule has 1 aliphatic carbocycles. The maximum absolute atomic E-state index is 11.3. The first-order valence-corrected chi connectivity index (χ1v) is 11.4. The lowest BCUT2D eigenvalue weighted by atomic mass is 10.1. The zero-order valence-electron chi connectivity index (χ0n) is 15.8. The molecule has 0 saturated heterocycles. The molecule has 0 unspecified atom stereocenters. The average molecular weight is 401 g/mol. The molecule has 28 heavy (non-hydrogen) atoms. The van der Waals surface area contributed by atoms with Crippen LogP contribution in [-0.4, -0.2) is 34.4 Å². The topological polar surface area (TPSA) is 102 Å². The number of benzene rings is 1. The molecular weight excluding hydrogens is 376 g/mol. The average Bonchev–Trinajstić information content (AvgIpc) is 2.87. The largest absolute Gasteiger partial charge is 0.324 e. The predicted octanol–water partition coefficient (Wildman–Crippen LogP) is 3.84. The number of fused-ring (bicyclic) bond motifs is 1. The molecule has 8 nitrogen and oxygen atoms in total. The van der Waals surface area contributed by atoms with E-state index in [4.69, 9.17) is 0 Å². The van der Waals surface area contributed by atoms with Gasteiger partial charge in [-0.2, -0.15) is 10.1 Å². The summed E-state index contributed by atoms with van der Waals surface area (Å²) in [4.78, 5) is 9.06. The SMILES string of the molecule is CS(=O)(=O)Nc1ccc(Nc2ncc3cnn(C4CCCCCC4)c3n2)cc1. The van der Waals surface area contributed by atoms with Gasteiger partial charge in [0.15, 0.2) is 5.65 Å². The summed E-state index contributed by atoms with van der Waals surface area (Å²) in [5.41, 5.74) is 2.13. The van der Waals surface area contributed by atoms with E-state index in [0.717, 1.165) is 35.8 Å². The minimum atomic E-state index is -3.29. The molecule has 0 aliphatic heterocycles. The van der Waals surface area contributed by atoms with Gasteiger partial charge in [0.25, 0.3) is 0 Å². The Morgan fingerprint density at radius 3 is 2.36 bits per heavy atom. The Balaban J connectivity index is 1.55. The first-order chi connectivity index (χ1) is 13.5. The Morgan fingerprint density at radius 2 is 1.68 bits per heavy atom. The second-order valence-electron chi connectivity index (χ2n) is 7.28. The Hall–Kier alpha value is -2.68. The van der Waals surface area contributed by atoms with Gasteiger partial charge in [-0.05, 0) is 37.1 Å². The number of anilines is 3. The summed E-state index contributed by atoms with van der Waals surface area (Å²) in [6.45, 7) is 0. The molecule has 1 aromatic carbocycles. The summed E-state index contributed by atoms with van der Waals surface area (Å²) < 4.78 is 27.1. The third kappa shape index (κ3) is 4.41. The van der Waals surface area contributed by atoms with Gasteiger partial charge in [-0.3, -0.25) is 4.72 Å². The zero-order chi connectivity index (χ0) is 19.6. The van der Waals surface area contributed by atoms with Crippen molar-refractivity contribution >= 4 is 38.4 Å². The van der Waals surface area contributed by atoms with E-state index in [1.807, 2.05) is 10.9 Å². The third-order valence-corrected chi connectivity index (χ3v) is 5.56. The van der Waals surface area contributed by atoms with E-state index in [9.17, 15) is 8.42 Å². The van der Waals surface area contributed by atoms with Crippen molar-refractivity contribution in [1.82, 2.24) is 19.7 Å². The van der Waals surface area contributed by atoms with Crippen LogP contribution < -0.4 is 10.0 Å². The van der Waals surface area contributed by atoms with Crippen LogP contribution in [0.3, 0.4) is 0 Å². The summed E-state index contributed by atoms with van der Waals surface area (Å²) >= 11 is 0. The summed E-state index contributed by atoms with van der Waals surface area (Å²) in [7, 11) is -3.29. The fourth-order valence-corrected chi connectivity index (χ4v) is 4.19. The third-order valence-electron chi connectivity index (χ3n) is 4.95. The summed E-state index contributed by atoms with van der Waals surface area (Å²) in [5.74, 6) is 0.492. The van der Waals surface area contributed by atoms with E-state index in [2.05, 4.69) is 25.1 Å². The van der Waals surface area contributed by atoms with Crippen LogP contribution in [0, 0.1) is 0 Å². The van der Waals surface area contributed by atoms with Crippen molar-refractivity contribution in [2.75, 3.05) is 16.3 Å². The number of sulfonamides is 1. The fourth-order valence-electron chi connectivity index (χ4n) is 3.63. The van der Waals surface area contributed by atoms with Gasteiger partial charge in [-0.1, -0.05) is 25.7 Å². The number of rotatable bonds is 5. The lowest BCUT2D eigenvalue weighted by molar-refractivity contribution is 0.415. The van der Waals surface area contributed by atoms with Gasteiger partial charge in [-0.15, -0.1) is 0 Å². The Morgan fingerprint density at radius 1 is 1.00 bits per heavy atom. The van der Waals surface area contributed by atoms with Gasteiger partial charge < -0.3 is 5.32 Å². The molecule has 0 bridgehead atoms. The molecule has 2 aromatic heterocycles. The van der Waals surface area contributed by atoms with Crippen molar-refractivity contribution in [2.24, 2.45) is 0 Å². The Labute approximate surface area is 164 Å². The molecule has 3 aromatic rings. The summed E-state index contributed by atoms with van der Waals surface area (Å²) in [6, 6.07) is 7.34. The monoisotopic (exact) mass is 400 g/mol.